The molecule has 5 nitrogen and oxygen atoms in total. The van der Waals surface area contributed by atoms with E-state index >= 15 is 0 Å². The lowest BCUT2D eigenvalue weighted by molar-refractivity contribution is -0.129. The first-order chi connectivity index (χ1) is 14.1. The second kappa shape index (κ2) is 9.88. The fourth-order valence-electron chi connectivity index (χ4n) is 3.77. The van der Waals surface area contributed by atoms with Gasteiger partial charge in [0, 0.05) is 12.1 Å². The zero-order valence-corrected chi connectivity index (χ0v) is 16.7. The Hall–Kier alpha value is -3.13. The molecule has 150 valence electrons. The van der Waals surface area contributed by atoms with Crippen LogP contribution in [0.2, 0.25) is 0 Å². The molecule has 2 aromatic rings. The van der Waals surface area contributed by atoms with Crippen LogP contribution in [0.25, 0.3) is 11.1 Å². The first kappa shape index (κ1) is 20.6. The van der Waals surface area contributed by atoms with E-state index in [1.54, 1.807) is 49.4 Å². The molecule has 3 rings (SSSR count). The molecular formula is C24H26N2O3. The summed E-state index contributed by atoms with van der Waals surface area (Å²) in [5.41, 5.74) is 2.09. The van der Waals surface area contributed by atoms with Crippen molar-refractivity contribution < 1.29 is 14.3 Å². The van der Waals surface area contributed by atoms with Crippen LogP contribution in [-0.4, -0.2) is 24.5 Å². The Morgan fingerprint density at radius 3 is 2.45 bits per heavy atom. The number of nitrogens with one attached hydrogen (secondary N) is 1. The average Bonchev–Trinajstić information content (AvgIpc) is 2.78. The molecule has 0 spiro atoms. The van der Waals surface area contributed by atoms with E-state index in [2.05, 4.69) is 11.4 Å². The highest BCUT2D eigenvalue weighted by Crippen LogP contribution is 2.27. The topological polar surface area (TPSA) is 79.2 Å². The van der Waals surface area contributed by atoms with Gasteiger partial charge in [-0.2, -0.15) is 5.26 Å². The van der Waals surface area contributed by atoms with Crippen LogP contribution in [0.1, 0.15) is 54.9 Å². The van der Waals surface area contributed by atoms with Gasteiger partial charge in [0.15, 0.2) is 6.10 Å². The molecule has 1 amide bonds. The van der Waals surface area contributed by atoms with E-state index in [1.807, 2.05) is 6.07 Å². The molecule has 0 heterocycles. The Balaban J connectivity index is 1.68. The Morgan fingerprint density at radius 2 is 1.72 bits per heavy atom. The lowest BCUT2D eigenvalue weighted by Gasteiger charge is -2.22. The highest BCUT2D eigenvalue weighted by Gasteiger charge is 2.23. The van der Waals surface area contributed by atoms with E-state index in [0.717, 1.165) is 12.8 Å². The quantitative estimate of drug-likeness (QED) is 0.738. The molecule has 0 bridgehead atoms. The highest BCUT2D eigenvalue weighted by atomic mass is 16.5. The molecule has 1 N–H and O–H groups in total. The van der Waals surface area contributed by atoms with Gasteiger partial charge in [-0.15, -0.1) is 0 Å². The monoisotopic (exact) mass is 390 g/mol. The first-order valence-corrected chi connectivity index (χ1v) is 10.2. The predicted molar refractivity (Wildman–Crippen MR) is 111 cm³/mol. The van der Waals surface area contributed by atoms with E-state index < -0.39 is 12.1 Å². The zero-order chi connectivity index (χ0) is 20.6. The Kier molecular flexibility index (Phi) is 7.02. The molecule has 0 aliphatic heterocycles. The third-order valence-corrected chi connectivity index (χ3v) is 5.43. The van der Waals surface area contributed by atoms with Crippen LogP contribution in [0, 0.1) is 17.2 Å². The lowest BCUT2D eigenvalue weighted by atomic mass is 9.89. The van der Waals surface area contributed by atoms with Gasteiger partial charge >= 0.3 is 5.97 Å². The molecule has 1 saturated carbocycles. The number of amides is 1. The number of carbonyl (C=O) groups excluding carboxylic acids is 2. The van der Waals surface area contributed by atoms with Gasteiger partial charge in [-0.3, -0.25) is 4.79 Å². The van der Waals surface area contributed by atoms with Gasteiger partial charge in [-0.25, -0.2) is 4.79 Å². The number of carbonyl (C=O) groups is 2. The van der Waals surface area contributed by atoms with Crippen molar-refractivity contribution in [3.8, 4) is 17.2 Å². The van der Waals surface area contributed by atoms with Crippen LogP contribution in [0.4, 0.5) is 0 Å². The Morgan fingerprint density at radius 1 is 1.07 bits per heavy atom. The molecule has 0 radical (unpaired) electrons. The maximum Gasteiger partial charge on any atom is 0.339 e. The van der Waals surface area contributed by atoms with Crippen LogP contribution >= 0.6 is 0 Å². The number of hydrogen-bond donors (Lipinski definition) is 1. The van der Waals surface area contributed by atoms with Crippen molar-refractivity contribution in [2.45, 2.75) is 45.1 Å². The Bertz CT molecular complexity index is 910. The summed E-state index contributed by atoms with van der Waals surface area (Å²) in [5, 5.41) is 12.3. The normalized spacial score (nSPS) is 15.2. The van der Waals surface area contributed by atoms with Crippen molar-refractivity contribution >= 4 is 11.9 Å². The smallest absolute Gasteiger partial charge is 0.339 e. The van der Waals surface area contributed by atoms with Crippen LogP contribution < -0.4 is 5.32 Å². The minimum absolute atomic E-state index is 0.279. The summed E-state index contributed by atoms with van der Waals surface area (Å²) in [6, 6.07) is 16.2. The van der Waals surface area contributed by atoms with Gasteiger partial charge in [0.2, 0.25) is 0 Å². The zero-order valence-electron chi connectivity index (χ0n) is 16.7. The number of hydrogen-bond acceptors (Lipinski definition) is 4. The molecule has 0 aromatic heterocycles. The second-order valence-corrected chi connectivity index (χ2v) is 7.50. The molecule has 1 aliphatic rings. The highest BCUT2D eigenvalue weighted by molar-refractivity contribution is 5.99. The lowest BCUT2D eigenvalue weighted by Crippen LogP contribution is -2.38. The van der Waals surface area contributed by atoms with Crippen LogP contribution in [-0.2, 0) is 9.53 Å². The van der Waals surface area contributed by atoms with Crippen molar-refractivity contribution in [2.24, 2.45) is 5.92 Å². The summed E-state index contributed by atoms with van der Waals surface area (Å²) in [7, 11) is 0. The third-order valence-electron chi connectivity index (χ3n) is 5.43. The van der Waals surface area contributed by atoms with Gasteiger partial charge in [-0.1, -0.05) is 55.7 Å². The number of nitriles is 1. The second-order valence-electron chi connectivity index (χ2n) is 7.50. The molecule has 29 heavy (non-hydrogen) atoms. The fourth-order valence-corrected chi connectivity index (χ4v) is 3.77. The van der Waals surface area contributed by atoms with Crippen LogP contribution in [0.5, 0.6) is 0 Å². The summed E-state index contributed by atoms with van der Waals surface area (Å²) in [6.07, 6.45) is 5.09. The van der Waals surface area contributed by atoms with Crippen molar-refractivity contribution in [1.29, 1.82) is 5.26 Å². The van der Waals surface area contributed by atoms with Gasteiger partial charge in [0.05, 0.1) is 17.2 Å². The molecule has 1 aliphatic carbocycles. The summed E-state index contributed by atoms with van der Waals surface area (Å²) >= 11 is 0. The van der Waals surface area contributed by atoms with Crippen molar-refractivity contribution in [3.63, 3.8) is 0 Å². The van der Waals surface area contributed by atoms with Crippen molar-refractivity contribution in [1.82, 2.24) is 5.32 Å². The van der Waals surface area contributed by atoms with Crippen LogP contribution in [0.3, 0.4) is 0 Å². The number of benzene rings is 2. The molecule has 0 unspecified atom stereocenters. The molecule has 1 atom stereocenters. The summed E-state index contributed by atoms with van der Waals surface area (Å²) in [5.74, 6) is -0.341. The van der Waals surface area contributed by atoms with Crippen molar-refractivity contribution in [2.75, 3.05) is 6.54 Å². The van der Waals surface area contributed by atoms with E-state index in [0.29, 0.717) is 34.7 Å². The molecule has 1 fully saturated rings. The van der Waals surface area contributed by atoms with E-state index in [4.69, 9.17) is 4.74 Å². The van der Waals surface area contributed by atoms with Gasteiger partial charge in [0.1, 0.15) is 0 Å². The Labute approximate surface area is 171 Å². The molecule has 2 aromatic carbocycles. The minimum atomic E-state index is -0.884. The number of rotatable bonds is 6. The van der Waals surface area contributed by atoms with E-state index in [-0.39, 0.29) is 5.91 Å². The standard InChI is InChI=1S/C24H26N2O3/c1-17(23(27)26-16-18-9-3-2-4-10-18)29-24(28)22-14-8-7-13-21(22)20-12-6-5-11-19(20)15-25/h5-8,11-14,17-18H,2-4,9-10,16H2,1H3,(H,26,27)/t17-/m0/s1. The van der Waals surface area contributed by atoms with E-state index in [1.165, 1.54) is 19.3 Å². The first-order valence-electron chi connectivity index (χ1n) is 10.2. The molecule has 0 saturated heterocycles. The van der Waals surface area contributed by atoms with Gasteiger partial charge in [0.25, 0.3) is 5.91 Å². The fraction of sp³-hybridized carbons (Fsp3) is 0.375. The summed E-state index contributed by atoms with van der Waals surface area (Å²) in [6.45, 7) is 2.22. The summed E-state index contributed by atoms with van der Waals surface area (Å²) in [4.78, 5) is 25.2. The largest absolute Gasteiger partial charge is 0.449 e. The average molecular weight is 390 g/mol. The van der Waals surface area contributed by atoms with Crippen LogP contribution in [0.15, 0.2) is 48.5 Å². The number of nitrogens with zero attached hydrogens (tertiary/aromatic N) is 1. The van der Waals surface area contributed by atoms with Crippen molar-refractivity contribution in [3.05, 3.63) is 59.7 Å². The molecular weight excluding hydrogens is 364 g/mol. The maximum atomic E-state index is 12.8. The predicted octanol–water partition coefficient (Wildman–Crippen LogP) is 4.47. The SMILES string of the molecule is C[C@H](OC(=O)c1ccccc1-c1ccccc1C#N)C(=O)NCC1CCCCC1. The summed E-state index contributed by atoms with van der Waals surface area (Å²) < 4.78 is 5.44. The third kappa shape index (κ3) is 5.23. The molecule has 5 heteroatoms. The number of esters is 1. The number of ether oxygens (including phenoxy) is 1. The van der Waals surface area contributed by atoms with E-state index in [9.17, 15) is 14.9 Å². The maximum absolute atomic E-state index is 12.8. The van der Waals surface area contributed by atoms with Gasteiger partial charge < -0.3 is 10.1 Å². The minimum Gasteiger partial charge on any atom is -0.449 e. The van der Waals surface area contributed by atoms with Gasteiger partial charge in [-0.05, 0) is 43.4 Å².